The summed E-state index contributed by atoms with van der Waals surface area (Å²) in [5, 5.41) is 11.5. The van der Waals surface area contributed by atoms with Gasteiger partial charge < -0.3 is 9.84 Å². The molecule has 3 rings (SSSR count). The molecule has 1 atom stereocenters. The Morgan fingerprint density at radius 1 is 1.00 bits per heavy atom. The summed E-state index contributed by atoms with van der Waals surface area (Å²) >= 11 is 1.47. The number of rotatable bonds is 7. The summed E-state index contributed by atoms with van der Waals surface area (Å²) in [6, 6.07) is 21.3. The Balaban J connectivity index is 1.77. The Bertz CT molecular complexity index is 782. The second-order valence-electron chi connectivity index (χ2n) is 5.49. The number of carboxylic acids is 1. The summed E-state index contributed by atoms with van der Waals surface area (Å²) in [4.78, 5) is 12.5. The zero-order chi connectivity index (χ0) is 16.8. The van der Waals surface area contributed by atoms with Crippen LogP contribution in [0.2, 0.25) is 0 Å². The van der Waals surface area contributed by atoms with E-state index in [9.17, 15) is 9.90 Å². The van der Waals surface area contributed by atoms with Gasteiger partial charge in [0.15, 0.2) is 0 Å². The van der Waals surface area contributed by atoms with Gasteiger partial charge in [-0.2, -0.15) is 0 Å². The maximum Gasteiger partial charge on any atom is 0.312 e. The summed E-state index contributed by atoms with van der Waals surface area (Å²) < 4.78 is 5.93. The van der Waals surface area contributed by atoms with Crippen molar-refractivity contribution < 1.29 is 14.6 Å². The first-order valence-electron chi connectivity index (χ1n) is 7.75. The lowest BCUT2D eigenvalue weighted by Gasteiger charge is -2.15. The van der Waals surface area contributed by atoms with Gasteiger partial charge in [-0.3, -0.25) is 4.79 Å². The molecule has 1 unspecified atom stereocenters. The lowest BCUT2D eigenvalue weighted by Crippen LogP contribution is -2.14. The molecule has 2 aromatic carbocycles. The van der Waals surface area contributed by atoms with Crippen molar-refractivity contribution in [2.24, 2.45) is 0 Å². The highest BCUT2D eigenvalue weighted by molar-refractivity contribution is 7.10. The van der Waals surface area contributed by atoms with Crippen molar-refractivity contribution >= 4 is 17.3 Å². The van der Waals surface area contributed by atoms with Crippen LogP contribution in [0, 0.1) is 0 Å². The molecule has 24 heavy (non-hydrogen) atoms. The van der Waals surface area contributed by atoms with Gasteiger partial charge in [-0.05, 0) is 35.1 Å². The van der Waals surface area contributed by atoms with Crippen molar-refractivity contribution in [3.05, 3.63) is 88.1 Å². The fraction of sp³-hybridized carbons (Fsp3) is 0.150. The lowest BCUT2D eigenvalue weighted by atomic mass is 9.97. The number of aliphatic carboxylic acids is 1. The van der Waals surface area contributed by atoms with Gasteiger partial charge in [0, 0.05) is 4.88 Å². The predicted molar refractivity (Wildman–Crippen MR) is 95.6 cm³/mol. The van der Waals surface area contributed by atoms with Gasteiger partial charge >= 0.3 is 5.97 Å². The molecule has 0 saturated carbocycles. The van der Waals surface area contributed by atoms with E-state index in [4.69, 9.17) is 4.74 Å². The van der Waals surface area contributed by atoms with Crippen molar-refractivity contribution in [2.75, 3.05) is 0 Å². The van der Waals surface area contributed by atoms with E-state index >= 15 is 0 Å². The second-order valence-corrected chi connectivity index (χ2v) is 6.47. The van der Waals surface area contributed by atoms with E-state index in [0.29, 0.717) is 13.0 Å². The van der Waals surface area contributed by atoms with Crippen LogP contribution in [0.1, 0.15) is 21.9 Å². The zero-order valence-corrected chi connectivity index (χ0v) is 13.9. The maximum atomic E-state index is 11.7. The monoisotopic (exact) mass is 338 g/mol. The van der Waals surface area contributed by atoms with Crippen LogP contribution in [-0.4, -0.2) is 11.1 Å². The van der Waals surface area contributed by atoms with Crippen molar-refractivity contribution in [3.63, 3.8) is 0 Å². The molecular formula is C20H18O3S. The molecule has 4 heteroatoms. The summed E-state index contributed by atoms with van der Waals surface area (Å²) in [6.45, 7) is 0.467. The molecule has 0 fully saturated rings. The number of hydrogen-bond donors (Lipinski definition) is 1. The molecule has 1 N–H and O–H groups in total. The third kappa shape index (κ3) is 4.03. The first-order valence-corrected chi connectivity index (χ1v) is 8.63. The third-order valence-corrected chi connectivity index (χ3v) is 4.80. The highest BCUT2D eigenvalue weighted by atomic mass is 32.1. The van der Waals surface area contributed by atoms with Gasteiger partial charge in [0.05, 0.1) is 5.92 Å². The van der Waals surface area contributed by atoms with E-state index in [2.05, 4.69) is 0 Å². The van der Waals surface area contributed by atoms with Gasteiger partial charge in [-0.1, -0.05) is 54.6 Å². The maximum absolute atomic E-state index is 11.7. The molecule has 122 valence electrons. The highest BCUT2D eigenvalue weighted by Gasteiger charge is 2.22. The van der Waals surface area contributed by atoms with Crippen LogP contribution in [0.15, 0.2) is 72.1 Å². The standard InChI is InChI=1S/C20H18O3S/c21-20(22)17(19-11-6-12-24-19)13-16-9-4-5-10-18(16)23-14-15-7-2-1-3-8-15/h1-12,17H,13-14H2,(H,21,22). The third-order valence-electron chi connectivity index (χ3n) is 3.82. The molecule has 3 aromatic rings. The predicted octanol–water partition coefficient (Wildman–Crippen LogP) is 4.74. The first-order chi connectivity index (χ1) is 11.7. The molecule has 0 aliphatic carbocycles. The van der Waals surface area contributed by atoms with Gasteiger partial charge in [0.1, 0.15) is 12.4 Å². The zero-order valence-electron chi connectivity index (χ0n) is 13.1. The van der Waals surface area contributed by atoms with Crippen molar-refractivity contribution in [1.29, 1.82) is 0 Å². The molecule has 0 amide bonds. The quantitative estimate of drug-likeness (QED) is 0.677. The molecule has 0 radical (unpaired) electrons. The Morgan fingerprint density at radius 2 is 1.75 bits per heavy atom. The summed E-state index contributed by atoms with van der Waals surface area (Å²) in [6.07, 6.45) is 0.417. The van der Waals surface area contributed by atoms with Crippen LogP contribution in [0.25, 0.3) is 0 Å². The van der Waals surface area contributed by atoms with E-state index in [1.54, 1.807) is 0 Å². The Morgan fingerprint density at radius 3 is 2.46 bits per heavy atom. The summed E-state index contributed by atoms with van der Waals surface area (Å²) in [5.74, 6) is -0.619. The first kappa shape index (κ1) is 16.3. The van der Waals surface area contributed by atoms with Gasteiger partial charge in [0.2, 0.25) is 0 Å². The summed E-state index contributed by atoms with van der Waals surface area (Å²) in [5.41, 5.74) is 1.99. The van der Waals surface area contributed by atoms with Crippen molar-refractivity contribution in [1.82, 2.24) is 0 Å². The van der Waals surface area contributed by atoms with Crippen LogP contribution < -0.4 is 4.74 Å². The molecule has 0 spiro atoms. The van der Waals surface area contributed by atoms with Gasteiger partial charge in [0.25, 0.3) is 0 Å². The highest BCUT2D eigenvalue weighted by Crippen LogP contribution is 2.29. The number of para-hydroxylation sites is 1. The second kappa shape index (κ2) is 7.79. The minimum Gasteiger partial charge on any atom is -0.489 e. The van der Waals surface area contributed by atoms with Crippen LogP contribution in [0.3, 0.4) is 0 Å². The van der Waals surface area contributed by atoms with E-state index in [0.717, 1.165) is 21.8 Å². The van der Waals surface area contributed by atoms with Crippen molar-refractivity contribution in [2.45, 2.75) is 18.9 Å². The molecule has 0 aliphatic heterocycles. The number of ether oxygens (including phenoxy) is 1. The average Bonchev–Trinajstić information content (AvgIpc) is 3.13. The van der Waals surface area contributed by atoms with Crippen LogP contribution in [0.5, 0.6) is 5.75 Å². The van der Waals surface area contributed by atoms with Crippen LogP contribution in [0.4, 0.5) is 0 Å². The van der Waals surface area contributed by atoms with Crippen molar-refractivity contribution in [3.8, 4) is 5.75 Å². The smallest absolute Gasteiger partial charge is 0.312 e. The number of carbonyl (C=O) groups is 1. The van der Waals surface area contributed by atoms with Gasteiger partial charge in [-0.25, -0.2) is 0 Å². The largest absolute Gasteiger partial charge is 0.489 e. The average molecular weight is 338 g/mol. The normalized spacial score (nSPS) is 11.8. The Hall–Kier alpha value is -2.59. The molecule has 0 bridgehead atoms. The van der Waals surface area contributed by atoms with Crippen LogP contribution >= 0.6 is 11.3 Å². The number of benzene rings is 2. The minimum absolute atomic E-state index is 0.417. The van der Waals surface area contributed by atoms with E-state index in [-0.39, 0.29) is 0 Å². The van der Waals surface area contributed by atoms with E-state index in [1.807, 2.05) is 72.1 Å². The van der Waals surface area contributed by atoms with Gasteiger partial charge in [-0.15, -0.1) is 11.3 Å². The molecule has 1 heterocycles. The molecule has 1 aromatic heterocycles. The molecule has 0 aliphatic rings. The SMILES string of the molecule is O=C(O)C(Cc1ccccc1OCc1ccccc1)c1cccs1. The molecule has 3 nitrogen and oxygen atoms in total. The topological polar surface area (TPSA) is 46.5 Å². The fourth-order valence-corrected chi connectivity index (χ4v) is 3.39. The molecular weight excluding hydrogens is 320 g/mol. The number of carboxylic acid groups (broad SMARTS) is 1. The molecule has 0 saturated heterocycles. The van der Waals surface area contributed by atoms with E-state index < -0.39 is 11.9 Å². The van der Waals surface area contributed by atoms with Crippen LogP contribution in [-0.2, 0) is 17.8 Å². The Kier molecular flexibility index (Phi) is 5.29. The lowest BCUT2D eigenvalue weighted by molar-refractivity contribution is -0.138. The summed E-state index contributed by atoms with van der Waals surface area (Å²) in [7, 11) is 0. The van der Waals surface area contributed by atoms with E-state index in [1.165, 1.54) is 11.3 Å². The number of thiophene rings is 1. The minimum atomic E-state index is -0.810. The number of hydrogen-bond acceptors (Lipinski definition) is 3. The fourth-order valence-electron chi connectivity index (χ4n) is 2.57. The Labute approximate surface area is 145 Å².